The first-order valence-corrected chi connectivity index (χ1v) is 6.55. The second-order valence-electron chi connectivity index (χ2n) is 4.77. The van der Waals surface area contributed by atoms with Gasteiger partial charge in [0.25, 0.3) is 0 Å². The van der Waals surface area contributed by atoms with Crippen LogP contribution in [0.25, 0.3) is 0 Å². The maximum atomic E-state index is 11.5. The Kier molecular flexibility index (Phi) is 6.12. The van der Waals surface area contributed by atoms with Crippen molar-refractivity contribution in [3.8, 4) is 0 Å². The summed E-state index contributed by atoms with van der Waals surface area (Å²) in [5.74, 6) is -0.527. The van der Waals surface area contributed by atoms with Crippen molar-refractivity contribution >= 4 is 11.9 Å². The van der Waals surface area contributed by atoms with Crippen LogP contribution >= 0.6 is 0 Å². The zero-order valence-corrected chi connectivity index (χ0v) is 11.5. The Bertz CT molecular complexity index is 293. The summed E-state index contributed by atoms with van der Waals surface area (Å²) in [6.07, 6.45) is 1.84. The maximum absolute atomic E-state index is 11.5. The molecule has 1 heterocycles. The third-order valence-electron chi connectivity index (χ3n) is 3.26. The number of hydrogen-bond donors (Lipinski definition) is 0. The molecule has 0 aromatic heterocycles. The Labute approximate surface area is 108 Å². The maximum Gasteiger partial charge on any atom is 0.309 e. The van der Waals surface area contributed by atoms with Crippen LogP contribution in [0, 0.1) is 11.8 Å². The molecule has 1 fully saturated rings. The van der Waals surface area contributed by atoms with Crippen molar-refractivity contribution in [1.29, 1.82) is 0 Å². The molecular formula is C13H23NO4. The minimum Gasteiger partial charge on any atom is -0.469 e. The van der Waals surface area contributed by atoms with Crippen molar-refractivity contribution in [2.45, 2.75) is 26.7 Å². The molecule has 5 heteroatoms. The molecule has 1 aliphatic heterocycles. The van der Waals surface area contributed by atoms with Crippen molar-refractivity contribution in [2.24, 2.45) is 11.8 Å². The molecule has 0 aromatic carbocycles. The van der Waals surface area contributed by atoms with E-state index in [1.807, 2.05) is 6.92 Å². The molecule has 0 aliphatic carbocycles. The van der Waals surface area contributed by atoms with Crippen LogP contribution in [0.5, 0.6) is 0 Å². The van der Waals surface area contributed by atoms with E-state index < -0.39 is 0 Å². The zero-order valence-electron chi connectivity index (χ0n) is 11.5. The number of methoxy groups -OCH3 is 1. The van der Waals surface area contributed by atoms with E-state index in [9.17, 15) is 9.59 Å². The fourth-order valence-corrected chi connectivity index (χ4v) is 2.33. The molecule has 0 N–H and O–H groups in total. The first-order valence-electron chi connectivity index (χ1n) is 6.55. The summed E-state index contributed by atoms with van der Waals surface area (Å²) in [5, 5.41) is 0. The molecular weight excluding hydrogens is 234 g/mol. The standard InChI is InChI=1S/C13H23NO4/c1-4-18-12(15)10(2)8-14-7-5-6-11(9-14)13(16)17-3/h10-11H,4-9H2,1-3H3/t10?,11-/m0/s1. The predicted molar refractivity (Wildman–Crippen MR) is 67.0 cm³/mol. The fraction of sp³-hybridized carbons (Fsp3) is 0.846. The van der Waals surface area contributed by atoms with Crippen molar-refractivity contribution < 1.29 is 19.1 Å². The second kappa shape index (κ2) is 7.36. The first-order chi connectivity index (χ1) is 8.58. The minimum absolute atomic E-state index is 0.0573. The summed E-state index contributed by atoms with van der Waals surface area (Å²) in [6, 6.07) is 0. The van der Waals surface area contributed by atoms with Gasteiger partial charge >= 0.3 is 11.9 Å². The quantitative estimate of drug-likeness (QED) is 0.690. The van der Waals surface area contributed by atoms with Crippen LogP contribution in [-0.2, 0) is 19.1 Å². The van der Waals surface area contributed by atoms with Gasteiger partial charge < -0.3 is 14.4 Å². The lowest BCUT2D eigenvalue weighted by Gasteiger charge is -2.32. The highest BCUT2D eigenvalue weighted by Crippen LogP contribution is 2.18. The molecule has 0 radical (unpaired) electrons. The van der Waals surface area contributed by atoms with Crippen molar-refractivity contribution in [1.82, 2.24) is 4.90 Å². The van der Waals surface area contributed by atoms with Crippen LogP contribution in [-0.4, -0.2) is 50.2 Å². The fourth-order valence-electron chi connectivity index (χ4n) is 2.33. The molecule has 1 unspecified atom stereocenters. The molecule has 18 heavy (non-hydrogen) atoms. The lowest BCUT2D eigenvalue weighted by atomic mass is 9.97. The van der Waals surface area contributed by atoms with E-state index in [1.54, 1.807) is 6.92 Å². The molecule has 2 atom stereocenters. The molecule has 104 valence electrons. The van der Waals surface area contributed by atoms with Gasteiger partial charge in [0.05, 0.1) is 25.6 Å². The normalized spacial score (nSPS) is 22.3. The van der Waals surface area contributed by atoms with Gasteiger partial charge in [-0.2, -0.15) is 0 Å². The summed E-state index contributed by atoms with van der Waals surface area (Å²) in [7, 11) is 1.42. The van der Waals surface area contributed by atoms with Crippen LogP contribution < -0.4 is 0 Å². The van der Waals surface area contributed by atoms with Crippen molar-refractivity contribution in [2.75, 3.05) is 33.4 Å². The number of piperidine rings is 1. The van der Waals surface area contributed by atoms with E-state index in [0.717, 1.165) is 19.4 Å². The van der Waals surface area contributed by atoms with Crippen LogP contribution in [0.1, 0.15) is 26.7 Å². The SMILES string of the molecule is CCOC(=O)C(C)CN1CCC[C@H](C(=O)OC)C1. The lowest BCUT2D eigenvalue weighted by Crippen LogP contribution is -2.42. The van der Waals surface area contributed by atoms with E-state index in [-0.39, 0.29) is 23.8 Å². The van der Waals surface area contributed by atoms with E-state index in [1.165, 1.54) is 7.11 Å². The highest BCUT2D eigenvalue weighted by Gasteiger charge is 2.28. The van der Waals surface area contributed by atoms with Crippen LogP contribution in [0.4, 0.5) is 0 Å². The predicted octanol–water partition coefficient (Wildman–Crippen LogP) is 1.07. The average molecular weight is 257 g/mol. The molecule has 0 amide bonds. The van der Waals surface area contributed by atoms with Gasteiger partial charge in [-0.05, 0) is 26.3 Å². The number of carbonyl (C=O) groups is 2. The molecule has 0 saturated carbocycles. The van der Waals surface area contributed by atoms with Crippen LogP contribution in [0.15, 0.2) is 0 Å². The van der Waals surface area contributed by atoms with Gasteiger partial charge in [-0.1, -0.05) is 6.92 Å². The van der Waals surface area contributed by atoms with Gasteiger partial charge in [-0.15, -0.1) is 0 Å². The summed E-state index contributed by atoms with van der Waals surface area (Å²) in [6.45, 7) is 6.33. The number of esters is 2. The van der Waals surface area contributed by atoms with Gasteiger partial charge in [0.15, 0.2) is 0 Å². The molecule has 0 aromatic rings. The van der Waals surface area contributed by atoms with Gasteiger partial charge in [-0.3, -0.25) is 9.59 Å². The Hall–Kier alpha value is -1.10. The molecule has 1 rings (SSSR count). The van der Waals surface area contributed by atoms with E-state index in [2.05, 4.69) is 4.90 Å². The van der Waals surface area contributed by atoms with Crippen LogP contribution in [0.3, 0.4) is 0 Å². The van der Waals surface area contributed by atoms with E-state index in [4.69, 9.17) is 9.47 Å². The summed E-state index contributed by atoms with van der Waals surface area (Å²) in [5.41, 5.74) is 0. The Balaban J connectivity index is 2.42. The molecule has 0 spiro atoms. The molecule has 5 nitrogen and oxygen atoms in total. The Morgan fingerprint density at radius 1 is 1.44 bits per heavy atom. The average Bonchev–Trinajstić information content (AvgIpc) is 2.38. The van der Waals surface area contributed by atoms with Crippen molar-refractivity contribution in [3.05, 3.63) is 0 Å². The topological polar surface area (TPSA) is 55.8 Å². The number of hydrogen-bond acceptors (Lipinski definition) is 5. The minimum atomic E-state index is -0.169. The summed E-state index contributed by atoms with van der Waals surface area (Å²) < 4.78 is 9.76. The third-order valence-corrected chi connectivity index (χ3v) is 3.26. The number of ether oxygens (including phenoxy) is 2. The monoisotopic (exact) mass is 257 g/mol. The van der Waals surface area contributed by atoms with Gasteiger partial charge in [0.2, 0.25) is 0 Å². The van der Waals surface area contributed by atoms with Gasteiger partial charge in [-0.25, -0.2) is 0 Å². The number of nitrogens with zero attached hydrogens (tertiary/aromatic N) is 1. The number of likely N-dealkylation sites (tertiary alicyclic amines) is 1. The highest BCUT2D eigenvalue weighted by atomic mass is 16.5. The number of rotatable bonds is 5. The van der Waals surface area contributed by atoms with Gasteiger partial charge in [0, 0.05) is 13.1 Å². The van der Waals surface area contributed by atoms with Crippen LogP contribution in [0.2, 0.25) is 0 Å². The Morgan fingerprint density at radius 3 is 2.78 bits per heavy atom. The number of carbonyl (C=O) groups excluding carboxylic acids is 2. The van der Waals surface area contributed by atoms with Gasteiger partial charge in [0.1, 0.15) is 0 Å². The molecule has 1 aliphatic rings. The highest BCUT2D eigenvalue weighted by molar-refractivity contribution is 5.73. The Morgan fingerprint density at radius 2 is 2.17 bits per heavy atom. The largest absolute Gasteiger partial charge is 0.469 e. The van der Waals surface area contributed by atoms with E-state index >= 15 is 0 Å². The summed E-state index contributed by atoms with van der Waals surface area (Å²) in [4.78, 5) is 25.2. The molecule has 0 bridgehead atoms. The smallest absolute Gasteiger partial charge is 0.309 e. The van der Waals surface area contributed by atoms with E-state index in [0.29, 0.717) is 19.7 Å². The first kappa shape index (κ1) is 15.0. The van der Waals surface area contributed by atoms with Crippen molar-refractivity contribution in [3.63, 3.8) is 0 Å². The second-order valence-corrected chi connectivity index (χ2v) is 4.77. The third kappa shape index (κ3) is 4.29. The lowest BCUT2D eigenvalue weighted by molar-refractivity contribution is -0.149. The zero-order chi connectivity index (χ0) is 13.5. The summed E-state index contributed by atoms with van der Waals surface area (Å²) >= 11 is 0. The molecule has 1 saturated heterocycles.